The van der Waals surface area contributed by atoms with E-state index in [4.69, 9.17) is 0 Å². The van der Waals surface area contributed by atoms with E-state index in [1.807, 2.05) is 13.2 Å². The van der Waals surface area contributed by atoms with Crippen LogP contribution in [0.5, 0.6) is 0 Å². The molecule has 2 heterocycles. The fourth-order valence-corrected chi connectivity index (χ4v) is 2.56. The molecule has 19 heavy (non-hydrogen) atoms. The Hall–Kier alpha value is -1.20. The number of rotatable bonds is 4. The van der Waals surface area contributed by atoms with Gasteiger partial charge in [0, 0.05) is 49.7 Å². The number of aryl methyl sites for hydroxylation is 1. The maximum absolute atomic E-state index is 4.67. The van der Waals surface area contributed by atoms with Gasteiger partial charge in [0.2, 0.25) is 5.95 Å². The van der Waals surface area contributed by atoms with E-state index in [0.29, 0.717) is 6.04 Å². The van der Waals surface area contributed by atoms with Crippen molar-refractivity contribution in [3.8, 4) is 0 Å². The van der Waals surface area contributed by atoms with Crippen molar-refractivity contribution in [2.45, 2.75) is 32.9 Å². The summed E-state index contributed by atoms with van der Waals surface area (Å²) in [6.07, 6.45) is 3.12. The molecule has 0 bridgehead atoms. The van der Waals surface area contributed by atoms with Crippen LogP contribution in [0.15, 0.2) is 6.20 Å². The highest BCUT2D eigenvalue weighted by molar-refractivity contribution is 5.34. The second-order valence-electron chi connectivity index (χ2n) is 5.30. The minimum atomic E-state index is 0.606. The van der Waals surface area contributed by atoms with Crippen molar-refractivity contribution in [2.24, 2.45) is 0 Å². The van der Waals surface area contributed by atoms with Crippen molar-refractivity contribution >= 4 is 5.95 Å². The van der Waals surface area contributed by atoms with Gasteiger partial charge in [-0.05, 0) is 27.4 Å². The van der Waals surface area contributed by atoms with E-state index in [2.05, 4.69) is 46.0 Å². The Balaban J connectivity index is 2.11. The molecule has 0 radical (unpaired) electrons. The third-order valence-corrected chi connectivity index (χ3v) is 3.97. The number of nitrogens with one attached hydrogen (secondary N) is 1. The normalized spacial score (nSPS) is 20.8. The highest BCUT2D eigenvalue weighted by atomic mass is 15.3. The predicted molar refractivity (Wildman–Crippen MR) is 78.5 cm³/mol. The van der Waals surface area contributed by atoms with Crippen LogP contribution < -0.4 is 10.2 Å². The van der Waals surface area contributed by atoms with Gasteiger partial charge in [0.05, 0.1) is 0 Å². The standard InChI is InChI=1S/C14H25N5/c1-5-13-10-19(7-6-18(13)4)14-16-9-12(8-15-3)11(2)17-14/h9,13,15H,5-8,10H2,1-4H3. The molecule has 0 aromatic carbocycles. The molecule has 1 aliphatic heterocycles. The van der Waals surface area contributed by atoms with Gasteiger partial charge in [0.25, 0.3) is 0 Å². The average Bonchev–Trinajstić information content (AvgIpc) is 2.42. The first-order valence-corrected chi connectivity index (χ1v) is 7.08. The molecule has 1 aromatic rings. The molecule has 0 aliphatic carbocycles. The van der Waals surface area contributed by atoms with Crippen LogP contribution in [-0.2, 0) is 6.54 Å². The lowest BCUT2D eigenvalue weighted by atomic mass is 10.1. The van der Waals surface area contributed by atoms with E-state index in [9.17, 15) is 0 Å². The summed E-state index contributed by atoms with van der Waals surface area (Å²) in [5, 5.41) is 3.15. The van der Waals surface area contributed by atoms with Crippen molar-refractivity contribution in [3.05, 3.63) is 17.5 Å². The summed E-state index contributed by atoms with van der Waals surface area (Å²) in [5.41, 5.74) is 2.25. The molecular weight excluding hydrogens is 238 g/mol. The molecule has 2 rings (SSSR count). The first-order valence-electron chi connectivity index (χ1n) is 7.08. The van der Waals surface area contributed by atoms with Crippen LogP contribution in [0.3, 0.4) is 0 Å². The van der Waals surface area contributed by atoms with E-state index < -0.39 is 0 Å². The third-order valence-electron chi connectivity index (χ3n) is 3.97. The molecular formula is C14H25N5. The number of hydrogen-bond donors (Lipinski definition) is 1. The molecule has 1 N–H and O–H groups in total. The predicted octanol–water partition coefficient (Wildman–Crippen LogP) is 1.03. The van der Waals surface area contributed by atoms with Crippen molar-refractivity contribution in [1.29, 1.82) is 0 Å². The molecule has 0 amide bonds. The van der Waals surface area contributed by atoms with Crippen LogP contribution in [-0.4, -0.2) is 54.6 Å². The van der Waals surface area contributed by atoms with Gasteiger partial charge in [-0.2, -0.15) is 0 Å². The van der Waals surface area contributed by atoms with Crippen LogP contribution in [0, 0.1) is 6.92 Å². The van der Waals surface area contributed by atoms with Crippen LogP contribution in [0.25, 0.3) is 0 Å². The highest BCUT2D eigenvalue weighted by Gasteiger charge is 2.24. The second-order valence-corrected chi connectivity index (χ2v) is 5.30. The second kappa shape index (κ2) is 6.30. The van der Waals surface area contributed by atoms with Gasteiger partial charge in [0.15, 0.2) is 0 Å². The lowest BCUT2D eigenvalue weighted by molar-refractivity contribution is 0.212. The average molecular weight is 263 g/mol. The van der Waals surface area contributed by atoms with E-state index in [1.54, 1.807) is 0 Å². The fourth-order valence-electron chi connectivity index (χ4n) is 2.56. The Labute approximate surface area is 116 Å². The van der Waals surface area contributed by atoms with Crippen molar-refractivity contribution in [2.75, 3.05) is 38.6 Å². The maximum Gasteiger partial charge on any atom is 0.225 e. The molecule has 0 saturated carbocycles. The van der Waals surface area contributed by atoms with E-state index in [0.717, 1.165) is 37.8 Å². The third kappa shape index (κ3) is 3.22. The minimum absolute atomic E-state index is 0.606. The summed E-state index contributed by atoms with van der Waals surface area (Å²) in [6, 6.07) is 0.606. The molecule has 5 nitrogen and oxygen atoms in total. The van der Waals surface area contributed by atoms with Crippen molar-refractivity contribution in [1.82, 2.24) is 20.2 Å². The zero-order chi connectivity index (χ0) is 13.8. The lowest BCUT2D eigenvalue weighted by Gasteiger charge is -2.39. The van der Waals surface area contributed by atoms with E-state index in [1.165, 1.54) is 12.0 Å². The molecule has 1 atom stereocenters. The summed E-state index contributed by atoms with van der Waals surface area (Å²) >= 11 is 0. The zero-order valence-corrected chi connectivity index (χ0v) is 12.5. The van der Waals surface area contributed by atoms with Gasteiger partial charge < -0.3 is 10.2 Å². The lowest BCUT2D eigenvalue weighted by Crippen LogP contribution is -2.51. The monoisotopic (exact) mass is 263 g/mol. The Kier molecular flexibility index (Phi) is 4.71. The SMILES string of the molecule is CCC1CN(c2ncc(CNC)c(C)n2)CCN1C. The molecule has 0 spiro atoms. The van der Waals surface area contributed by atoms with Crippen LogP contribution in [0.2, 0.25) is 0 Å². The Morgan fingerprint density at radius 1 is 1.42 bits per heavy atom. The molecule has 1 unspecified atom stereocenters. The van der Waals surface area contributed by atoms with Gasteiger partial charge >= 0.3 is 0 Å². The number of nitrogens with zero attached hydrogens (tertiary/aromatic N) is 4. The Morgan fingerprint density at radius 3 is 2.84 bits per heavy atom. The van der Waals surface area contributed by atoms with Crippen molar-refractivity contribution in [3.63, 3.8) is 0 Å². The Morgan fingerprint density at radius 2 is 2.21 bits per heavy atom. The quantitative estimate of drug-likeness (QED) is 0.879. The molecule has 1 saturated heterocycles. The zero-order valence-electron chi connectivity index (χ0n) is 12.5. The molecule has 5 heteroatoms. The van der Waals surface area contributed by atoms with Crippen LogP contribution in [0.4, 0.5) is 5.95 Å². The van der Waals surface area contributed by atoms with Crippen LogP contribution in [0.1, 0.15) is 24.6 Å². The maximum atomic E-state index is 4.67. The number of likely N-dealkylation sites (N-methyl/N-ethyl adjacent to an activating group) is 1. The Bertz CT molecular complexity index is 420. The molecule has 1 fully saturated rings. The number of aromatic nitrogens is 2. The summed E-state index contributed by atoms with van der Waals surface area (Å²) in [7, 11) is 4.15. The van der Waals surface area contributed by atoms with Gasteiger partial charge in [-0.1, -0.05) is 6.92 Å². The largest absolute Gasteiger partial charge is 0.338 e. The first kappa shape index (κ1) is 14.2. The molecule has 1 aromatic heterocycles. The number of hydrogen-bond acceptors (Lipinski definition) is 5. The van der Waals surface area contributed by atoms with E-state index in [-0.39, 0.29) is 0 Å². The van der Waals surface area contributed by atoms with Gasteiger partial charge in [-0.25, -0.2) is 9.97 Å². The smallest absolute Gasteiger partial charge is 0.225 e. The number of piperazine rings is 1. The van der Waals surface area contributed by atoms with Crippen molar-refractivity contribution < 1.29 is 0 Å². The van der Waals surface area contributed by atoms with Crippen LogP contribution >= 0.6 is 0 Å². The molecule has 1 aliphatic rings. The van der Waals surface area contributed by atoms with Gasteiger partial charge in [-0.15, -0.1) is 0 Å². The summed E-state index contributed by atoms with van der Waals surface area (Å²) in [4.78, 5) is 13.9. The summed E-state index contributed by atoms with van der Waals surface area (Å²) < 4.78 is 0. The minimum Gasteiger partial charge on any atom is -0.338 e. The van der Waals surface area contributed by atoms with Gasteiger partial charge in [-0.3, -0.25) is 4.90 Å². The topological polar surface area (TPSA) is 44.3 Å². The fraction of sp³-hybridized carbons (Fsp3) is 0.714. The highest BCUT2D eigenvalue weighted by Crippen LogP contribution is 2.17. The molecule has 106 valence electrons. The first-order chi connectivity index (χ1) is 9.15. The summed E-state index contributed by atoms with van der Waals surface area (Å²) in [5.74, 6) is 0.879. The summed E-state index contributed by atoms with van der Waals surface area (Å²) in [6.45, 7) is 8.25. The van der Waals surface area contributed by atoms with E-state index >= 15 is 0 Å². The number of anilines is 1. The van der Waals surface area contributed by atoms with Gasteiger partial charge in [0.1, 0.15) is 0 Å².